The second-order valence-electron chi connectivity index (χ2n) is 4.57. The summed E-state index contributed by atoms with van der Waals surface area (Å²) in [6.45, 7) is 3.17. The summed E-state index contributed by atoms with van der Waals surface area (Å²) >= 11 is 3.53. The van der Waals surface area contributed by atoms with Crippen molar-refractivity contribution in [1.29, 1.82) is 0 Å². The molecule has 1 aliphatic rings. The summed E-state index contributed by atoms with van der Waals surface area (Å²) in [6.07, 6.45) is -0.0395. The average molecular weight is 313 g/mol. The van der Waals surface area contributed by atoms with Crippen molar-refractivity contribution in [2.75, 3.05) is 18.0 Å². The van der Waals surface area contributed by atoms with Crippen LogP contribution >= 0.6 is 15.9 Å². The summed E-state index contributed by atoms with van der Waals surface area (Å²) in [5.41, 5.74) is 1.14. The van der Waals surface area contributed by atoms with E-state index in [1.807, 2.05) is 18.2 Å². The number of aliphatic hydroxyl groups is 1. The minimum Gasteiger partial charge on any atom is -0.384 e. The molecule has 0 spiro atoms. The lowest BCUT2D eigenvalue weighted by molar-refractivity contribution is -0.129. The molecule has 4 nitrogen and oxygen atoms in total. The number of nitrogens with one attached hydrogen (secondary N) is 1. The van der Waals surface area contributed by atoms with E-state index in [0.29, 0.717) is 0 Å². The summed E-state index contributed by atoms with van der Waals surface area (Å²) in [5, 5.41) is 12.0. The van der Waals surface area contributed by atoms with Crippen LogP contribution in [-0.2, 0) is 4.79 Å². The first-order chi connectivity index (χ1) is 8.58. The van der Waals surface area contributed by atoms with Crippen molar-refractivity contribution >= 4 is 27.5 Å². The summed E-state index contributed by atoms with van der Waals surface area (Å²) < 4.78 is 1.06. The van der Waals surface area contributed by atoms with Gasteiger partial charge in [-0.3, -0.25) is 4.79 Å². The van der Waals surface area contributed by atoms with Gasteiger partial charge in [0.25, 0.3) is 0 Å². The SMILES string of the molecule is CC(O)C(=O)NC1CCN(c2ccccc2Br)C1. The van der Waals surface area contributed by atoms with Gasteiger partial charge in [-0.05, 0) is 41.4 Å². The highest BCUT2D eigenvalue weighted by molar-refractivity contribution is 9.10. The molecule has 2 atom stereocenters. The molecule has 18 heavy (non-hydrogen) atoms. The first-order valence-electron chi connectivity index (χ1n) is 6.06. The van der Waals surface area contributed by atoms with Crippen LogP contribution in [0, 0.1) is 0 Å². The number of benzene rings is 1. The van der Waals surface area contributed by atoms with Crippen molar-refractivity contribution < 1.29 is 9.90 Å². The average Bonchev–Trinajstić information content (AvgIpc) is 2.77. The van der Waals surface area contributed by atoms with Gasteiger partial charge in [-0.1, -0.05) is 12.1 Å². The van der Waals surface area contributed by atoms with E-state index in [0.717, 1.165) is 29.7 Å². The van der Waals surface area contributed by atoms with Gasteiger partial charge in [0.15, 0.2) is 0 Å². The molecule has 2 rings (SSSR count). The number of para-hydroxylation sites is 1. The molecule has 1 heterocycles. The molecule has 0 saturated carbocycles. The van der Waals surface area contributed by atoms with Crippen LogP contribution in [0.15, 0.2) is 28.7 Å². The minimum atomic E-state index is -0.942. The molecule has 0 bridgehead atoms. The zero-order valence-electron chi connectivity index (χ0n) is 10.3. The molecule has 1 amide bonds. The predicted octanol–water partition coefficient (Wildman–Crippen LogP) is 1.52. The fraction of sp³-hybridized carbons (Fsp3) is 0.462. The molecule has 0 aromatic heterocycles. The van der Waals surface area contributed by atoms with E-state index < -0.39 is 6.10 Å². The predicted molar refractivity (Wildman–Crippen MR) is 74.6 cm³/mol. The highest BCUT2D eigenvalue weighted by atomic mass is 79.9. The zero-order valence-corrected chi connectivity index (χ0v) is 11.9. The van der Waals surface area contributed by atoms with E-state index in [1.165, 1.54) is 6.92 Å². The number of aliphatic hydroxyl groups excluding tert-OH is 1. The van der Waals surface area contributed by atoms with Crippen LogP contribution in [0.2, 0.25) is 0 Å². The molecular weight excluding hydrogens is 296 g/mol. The second kappa shape index (κ2) is 5.71. The van der Waals surface area contributed by atoms with Crippen LogP contribution in [0.1, 0.15) is 13.3 Å². The van der Waals surface area contributed by atoms with Crippen LogP contribution in [-0.4, -0.2) is 36.2 Å². The van der Waals surface area contributed by atoms with Crippen molar-refractivity contribution in [1.82, 2.24) is 5.32 Å². The lowest BCUT2D eigenvalue weighted by atomic mass is 10.2. The molecule has 2 N–H and O–H groups in total. The maximum atomic E-state index is 11.4. The van der Waals surface area contributed by atoms with Crippen molar-refractivity contribution in [2.45, 2.75) is 25.5 Å². The van der Waals surface area contributed by atoms with E-state index in [-0.39, 0.29) is 11.9 Å². The van der Waals surface area contributed by atoms with Crippen LogP contribution < -0.4 is 10.2 Å². The second-order valence-corrected chi connectivity index (χ2v) is 5.42. The van der Waals surface area contributed by atoms with Gasteiger partial charge in [-0.25, -0.2) is 0 Å². The largest absolute Gasteiger partial charge is 0.384 e. The maximum Gasteiger partial charge on any atom is 0.248 e. The van der Waals surface area contributed by atoms with E-state index in [1.54, 1.807) is 0 Å². The molecule has 1 fully saturated rings. The molecule has 2 unspecified atom stereocenters. The Morgan fingerprint density at radius 1 is 1.56 bits per heavy atom. The Balaban J connectivity index is 1.97. The van der Waals surface area contributed by atoms with Crippen LogP contribution in [0.4, 0.5) is 5.69 Å². The Hall–Kier alpha value is -1.07. The van der Waals surface area contributed by atoms with Crippen molar-refractivity contribution in [3.05, 3.63) is 28.7 Å². The molecule has 1 aromatic carbocycles. The molecule has 0 radical (unpaired) electrons. The van der Waals surface area contributed by atoms with Gasteiger partial charge < -0.3 is 15.3 Å². The van der Waals surface area contributed by atoms with Gasteiger partial charge in [0, 0.05) is 23.6 Å². The van der Waals surface area contributed by atoms with Gasteiger partial charge >= 0.3 is 0 Å². The first-order valence-corrected chi connectivity index (χ1v) is 6.85. The standard InChI is InChI=1S/C13H17BrN2O2/c1-9(17)13(18)15-10-6-7-16(8-10)12-5-3-2-4-11(12)14/h2-5,9-10,17H,6-8H2,1H3,(H,15,18). The first kappa shape index (κ1) is 13.4. The van der Waals surface area contributed by atoms with Crippen LogP contribution in [0.5, 0.6) is 0 Å². The third-order valence-electron chi connectivity index (χ3n) is 3.11. The monoisotopic (exact) mass is 312 g/mol. The number of rotatable bonds is 3. The lowest BCUT2D eigenvalue weighted by Gasteiger charge is -2.20. The van der Waals surface area contributed by atoms with E-state index in [4.69, 9.17) is 0 Å². The summed E-state index contributed by atoms with van der Waals surface area (Å²) in [7, 11) is 0. The molecule has 0 aliphatic carbocycles. The Morgan fingerprint density at radius 3 is 2.94 bits per heavy atom. The Labute approximate surface area is 115 Å². The van der Waals surface area contributed by atoms with Crippen molar-refractivity contribution in [2.24, 2.45) is 0 Å². The van der Waals surface area contributed by atoms with E-state index in [9.17, 15) is 9.90 Å². The summed E-state index contributed by atoms with van der Waals surface area (Å²) in [5.74, 6) is -0.297. The Bertz CT molecular complexity index is 437. The summed E-state index contributed by atoms with van der Waals surface area (Å²) in [6, 6.07) is 8.16. The van der Waals surface area contributed by atoms with Crippen molar-refractivity contribution in [3.8, 4) is 0 Å². The molecule has 1 aliphatic heterocycles. The number of halogens is 1. The minimum absolute atomic E-state index is 0.110. The smallest absolute Gasteiger partial charge is 0.248 e. The van der Waals surface area contributed by atoms with Gasteiger partial charge in [0.05, 0.1) is 5.69 Å². The van der Waals surface area contributed by atoms with Crippen molar-refractivity contribution in [3.63, 3.8) is 0 Å². The number of carbonyl (C=O) groups excluding carboxylic acids is 1. The highest BCUT2D eigenvalue weighted by Crippen LogP contribution is 2.28. The third kappa shape index (κ3) is 3.03. The van der Waals surface area contributed by atoms with Gasteiger partial charge in [-0.15, -0.1) is 0 Å². The topological polar surface area (TPSA) is 52.6 Å². The zero-order chi connectivity index (χ0) is 13.1. The maximum absolute atomic E-state index is 11.4. The quantitative estimate of drug-likeness (QED) is 0.890. The molecule has 1 aromatic rings. The fourth-order valence-corrected chi connectivity index (χ4v) is 2.66. The van der Waals surface area contributed by atoms with Crippen LogP contribution in [0.3, 0.4) is 0 Å². The van der Waals surface area contributed by atoms with Crippen LogP contribution in [0.25, 0.3) is 0 Å². The summed E-state index contributed by atoms with van der Waals surface area (Å²) in [4.78, 5) is 13.7. The molecule has 5 heteroatoms. The molecule has 98 valence electrons. The van der Waals surface area contributed by atoms with Gasteiger partial charge in [0.2, 0.25) is 5.91 Å². The lowest BCUT2D eigenvalue weighted by Crippen LogP contribution is -2.41. The number of amides is 1. The number of nitrogens with zero attached hydrogens (tertiary/aromatic N) is 1. The third-order valence-corrected chi connectivity index (χ3v) is 3.78. The number of hydrogen-bond acceptors (Lipinski definition) is 3. The Morgan fingerprint density at radius 2 is 2.28 bits per heavy atom. The number of carbonyl (C=O) groups is 1. The molecular formula is C13H17BrN2O2. The number of hydrogen-bond donors (Lipinski definition) is 2. The normalized spacial score (nSPS) is 20.8. The molecule has 1 saturated heterocycles. The van der Waals surface area contributed by atoms with Gasteiger partial charge in [0.1, 0.15) is 6.10 Å². The highest BCUT2D eigenvalue weighted by Gasteiger charge is 2.25. The fourth-order valence-electron chi connectivity index (χ4n) is 2.13. The van der Waals surface area contributed by atoms with Gasteiger partial charge in [-0.2, -0.15) is 0 Å². The van der Waals surface area contributed by atoms with E-state index >= 15 is 0 Å². The Kier molecular flexibility index (Phi) is 4.24. The number of anilines is 1. The van der Waals surface area contributed by atoms with E-state index in [2.05, 4.69) is 32.2 Å².